The van der Waals surface area contributed by atoms with Crippen LogP contribution in [0.3, 0.4) is 0 Å². The molecule has 0 aliphatic heterocycles. The van der Waals surface area contributed by atoms with E-state index in [1.807, 2.05) is 24.3 Å². The van der Waals surface area contributed by atoms with Crippen molar-refractivity contribution in [1.82, 2.24) is 15.0 Å². The van der Waals surface area contributed by atoms with Crippen molar-refractivity contribution >= 4 is 50.2 Å². The zero-order valence-corrected chi connectivity index (χ0v) is 16.6. The number of aromatic carboxylic acids is 1. The van der Waals surface area contributed by atoms with E-state index in [-0.39, 0.29) is 5.56 Å². The van der Waals surface area contributed by atoms with Crippen LogP contribution in [0.25, 0.3) is 32.7 Å². The molecule has 0 bridgehead atoms. The summed E-state index contributed by atoms with van der Waals surface area (Å²) in [5, 5.41) is 16.5. The Bertz CT molecular complexity index is 1440. The maximum Gasteiger partial charge on any atom is 0.335 e. The van der Waals surface area contributed by atoms with Crippen LogP contribution in [0.2, 0.25) is 0 Å². The standard InChI is InChI=1S/C24H20N4O2/c1-13(2)14-4-3-5-16(10-14)26-22-18-11-15(24(29)30)6-7-17(18)21-19-12-25-9-8-20(19)27-23(21)28-22/h3-13H,1-2H3,(H,29,30)(H2,26,27,28). The van der Waals surface area contributed by atoms with Crippen molar-refractivity contribution in [2.45, 2.75) is 19.8 Å². The van der Waals surface area contributed by atoms with E-state index in [1.54, 1.807) is 24.5 Å². The van der Waals surface area contributed by atoms with Gasteiger partial charge in [0.15, 0.2) is 0 Å². The molecular weight excluding hydrogens is 376 g/mol. The van der Waals surface area contributed by atoms with Gasteiger partial charge in [-0.05, 0) is 47.2 Å². The lowest BCUT2D eigenvalue weighted by molar-refractivity contribution is 0.0697. The Kier molecular flexibility index (Phi) is 4.13. The van der Waals surface area contributed by atoms with Crippen LogP contribution in [0.1, 0.15) is 35.7 Å². The quantitative estimate of drug-likeness (QED) is 0.355. The van der Waals surface area contributed by atoms with Gasteiger partial charge in [-0.1, -0.05) is 32.0 Å². The summed E-state index contributed by atoms with van der Waals surface area (Å²) in [6, 6.07) is 15.2. The molecule has 5 rings (SSSR count). The lowest BCUT2D eigenvalue weighted by Gasteiger charge is -2.13. The van der Waals surface area contributed by atoms with Crippen molar-refractivity contribution in [2.24, 2.45) is 0 Å². The zero-order valence-electron chi connectivity index (χ0n) is 16.6. The number of nitrogens with zero attached hydrogens (tertiary/aromatic N) is 2. The van der Waals surface area contributed by atoms with Crippen LogP contribution in [0, 0.1) is 0 Å². The molecule has 0 unspecified atom stereocenters. The van der Waals surface area contributed by atoms with Crippen LogP contribution in [0.15, 0.2) is 60.9 Å². The molecule has 0 amide bonds. The van der Waals surface area contributed by atoms with E-state index >= 15 is 0 Å². The smallest absolute Gasteiger partial charge is 0.335 e. The molecule has 6 heteroatoms. The third kappa shape index (κ3) is 2.93. The predicted molar refractivity (Wildman–Crippen MR) is 120 cm³/mol. The number of fused-ring (bicyclic) bond motifs is 5. The Morgan fingerprint density at radius 2 is 1.93 bits per heavy atom. The van der Waals surface area contributed by atoms with Crippen LogP contribution < -0.4 is 5.32 Å². The first-order valence-corrected chi connectivity index (χ1v) is 9.80. The van der Waals surface area contributed by atoms with Crippen molar-refractivity contribution in [3.05, 3.63) is 72.1 Å². The number of anilines is 2. The lowest BCUT2D eigenvalue weighted by Crippen LogP contribution is -2.00. The van der Waals surface area contributed by atoms with Crippen LogP contribution in [0.4, 0.5) is 11.5 Å². The summed E-state index contributed by atoms with van der Waals surface area (Å²) in [6.45, 7) is 4.30. The van der Waals surface area contributed by atoms with Crippen molar-refractivity contribution in [3.63, 3.8) is 0 Å². The summed E-state index contributed by atoms with van der Waals surface area (Å²) in [5.74, 6) is 0.0464. The second-order valence-corrected chi connectivity index (χ2v) is 7.70. The number of carboxylic acids is 1. The topological polar surface area (TPSA) is 90.9 Å². The summed E-state index contributed by atoms with van der Waals surface area (Å²) >= 11 is 0. The largest absolute Gasteiger partial charge is 0.478 e. The molecule has 6 nitrogen and oxygen atoms in total. The second kappa shape index (κ2) is 6.84. The van der Waals surface area contributed by atoms with E-state index in [0.29, 0.717) is 11.7 Å². The molecule has 5 aromatic rings. The summed E-state index contributed by atoms with van der Waals surface area (Å²) in [5.41, 5.74) is 4.02. The fourth-order valence-electron chi connectivity index (χ4n) is 3.85. The number of hydrogen-bond donors (Lipinski definition) is 3. The maximum absolute atomic E-state index is 11.6. The summed E-state index contributed by atoms with van der Waals surface area (Å²) in [6.07, 6.45) is 3.54. The predicted octanol–water partition coefficient (Wildman–Crippen LogP) is 5.83. The Morgan fingerprint density at radius 1 is 1.07 bits per heavy atom. The lowest BCUT2D eigenvalue weighted by atomic mass is 10.0. The normalized spacial score (nSPS) is 11.6. The average Bonchev–Trinajstić information content (AvgIpc) is 3.12. The first-order valence-electron chi connectivity index (χ1n) is 9.80. The monoisotopic (exact) mass is 396 g/mol. The fraction of sp³-hybridized carbons (Fsp3) is 0.125. The molecule has 0 saturated carbocycles. The molecule has 0 radical (unpaired) electrons. The molecule has 0 spiro atoms. The van der Waals surface area contributed by atoms with Gasteiger partial charge in [-0.25, -0.2) is 9.78 Å². The number of hydrogen-bond acceptors (Lipinski definition) is 4. The first kappa shape index (κ1) is 18.1. The number of carbonyl (C=O) groups is 1. The molecule has 0 saturated heterocycles. The Balaban J connectivity index is 1.78. The van der Waals surface area contributed by atoms with Gasteiger partial charge in [0.25, 0.3) is 0 Å². The molecule has 2 aromatic carbocycles. The third-order valence-electron chi connectivity index (χ3n) is 5.41. The van der Waals surface area contributed by atoms with Gasteiger partial charge in [-0.15, -0.1) is 0 Å². The number of benzene rings is 2. The molecule has 3 heterocycles. The summed E-state index contributed by atoms with van der Waals surface area (Å²) in [4.78, 5) is 24.0. The highest BCUT2D eigenvalue weighted by molar-refractivity contribution is 6.21. The highest BCUT2D eigenvalue weighted by atomic mass is 16.4. The second-order valence-electron chi connectivity index (χ2n) is 7.70. The van der Waals surface area contributed by atoms with Crippen LogP contribution in [-0.4, -0.2) is 26.0 Å². The highest BCUT2D eigenvalue weighted by Gasteiger charge is 2.16. The maximum atomic E-state index is 11.6. The molecule has 0 aliphatic rings. The van der Waals surface area contributed by atoms with E-state index in [1.165, 1.54) is 5.56 Å². The number of pyridine rings is 2. The molecule has 30 heavy (non-hydrogen) atoms. The average molecular weight is 396 g/mol. The number of aromatic amines is 1. The molecule has 0 atom stereocenters. The Morgan fingerprint density at radius 3 is 2.73 bits per heavy atom. The summed E-state index contributed by atoms with van der Waals surface area (Å²) < 4.78 is 0. The van der Waals surface area contributed by atoms with Gasteiger partial charge in [-0.3, -0.25) is 4.98 Å². The van der Waals surface area contributed by atoms with Crippen molar-refractivity contribution in [3.8, 4) is 0 Å². The molecule has 148 valence electrons. The Hall–Kier alpha value is -3.93. The molecular formula is C24H20N4O2. The number of nitrogens with one attached hydrogen (secondary N) is 2. The van der Waals surface area contributed by atoms with Crippen molar-refractivity contribution < 1.29 is 9.90 Å². The van der Waals surface area contributed by atoms with Gasteiger partial charge >= 0.3 is 5.97 Å². The van der Waals surface area contributed by atoms with Gasteiger partial charge in [0.1, 0.15) is 11.5 Å². The SMILES string of the molecule is CC(C)c1cccc(Nc2nc3[nH]c4ccncc4c3c3ccc(C(=O)O)cc23)c1. The minimum atomic E-state index is -0.967. The zero-order chi connectivity index (χ0) is 20.8. The van der Waals surface area contributed by atoms with Gasteiger partial charge in [0.05, 0.1) is 11.1 Å². The minimum absolute atomic E-state index is 0.223. The first-order chi connectivity index (χ1) is 14.5. The van der Waals surface area contributed by atoms with Crippen LogP contribution in [-0.2, 0) is 0 Å². The van der Waals surface area contributed by atoms with Gasteiger partial charge in [0, 0.05) is 34.2 Å². The third-order valence-corrected chi connectivity index (χ3v) is 5.41. The molecule has 0 fully saturated rings. The van der Waals surface area contributed by atoms with E-state index in [4.69, 9.17) is 4.98 Å². The van der Waals surface area contributed by atoms with E-state index in [0.717, 1.165) is 38.4 Å². The van der Waals surface area contributed by atoms with Gasteiger partial charge < -0.3 is 15.4 Å². The van der Waals surface area contributed by atoms with Crippen molar-refractivity contribution in [1.29, 1.82) is 0 Å². The van der Waals surface area contributed by atoms with E-state index < -0.39 is 5.97 Å². The van der Waals surface area contributed by atoms with Crippen molar-refractivity contribution in [2.75, 3.05) is 5.32 Å². The Labute approximate surface area is 172 Å². The number of rotatable bonds is 4. The number of aromatic nitrogens is 3. The van der Waals surface area contributed by atoms with Crippen LogP contribution >= 0.6 is 0 Å². The fourth-order valence-corrected chi connectivity index (χ4v) is 3.85. The van der Waals surface area contributed by atoms with Gasteiger partial charge in [0.2, 0.25) is 0 Å². The van der Waals surface area contributed by atoms with Crippen LogP contribution in [0.5, 0.6) is 0 Å². The molecule has 3 aromatic heterocycles. The highest BCUT2D eigenvalue weighted by Crippen LogP contribution is 2.36. The van der Waals surface area contributed by atoms with E-state index in [2.05, 4.69) is 41.3 Å². The number of carboxylic acid groups (broad SMARTS) is 1. The number of H-pyrrole nitrogens is 1. The molecule has 3 N–H and O–H groups in total. The molecule has 0 aliphatic carbocycles. The van der Waals surface area contributed by atoms with E-state index in [9.17, 15) is 9.90 Å². The minimum Gasteiger partial charge on any atom is -0.478 e. The van der Waals surface area contributed by atoms with Gasteiger partial charge in [-0.2, -0.15) is 0 Å². The summed E-state index contributed by atoms with van der Waals surface area (Å²) in [7, 11) is 0.